The minimum atomic E-state index is 0.00347. The summed E-state index contributed by atoms with van der Waals surface area (Å²) in [4.78, 5) is 19.8. The molecular weight excluding hydrogens is 216 g/mol. The third-order valence-electron chi connectivity index (χ3n) is 3.60. The predicted octanol–water partition coefficient (Wildman–Crippen LogP) is 1.69. The van der Waals surface area contributed by atoms with Crippen LogP contribution in [0.4, 0.5) is 0 Å². The second-order valence-electron chi connectivity index (χ2n) is 4.84. The molecule has 90 valence electrons. The molecule has 2 aromatic rings. The fourth-order valence-electron chi connectivity index (χ4n) is 2.84. The van der Waals surface area contributed by atoms with Crippen LogP contribution in [0.5, 0.6) is 0 Å². The normalized spacial score (nSPS) is 17.1. The molecule has 1 aliphatic rings. The first-order valence-corrected chi connectivity index (χ1v) is 6.13. The lowest BCUT2D eigenvalue weighted by Crippen LogP contribution is -2.23. The van der Waals surface area contributed by atoms with E-state index in [1.54, 1.807) is 6.92 Å². The van der Waals surface area contributed by atoms with Crippen LogP contribution in [0.25, 0.3) is 5.78 Å². The number of aryl methyl sites for hydroxylation is 2. The SMILES string of the molecule is Cc1nc2[nH]c(C)c(C3CCCC3)c(=O)n2n1. The van der Waals surface area contributed by atoms with Crippen LogP contribution in [0, 0.1) is 13.8 Å². The van der Waals surface area contributed by atoms with Crippen LogP contribution in [0.3, 0.4) is 0 Å². The largest absolute Gasteiger partial charge is 0.327 e. The van der Waals surface area contributed by atoms with Crippen molar-refractivity contribution in [2.24, 2.45) is 0 Å². The lowest BCUT2D eigenvalue weighted by atomic mass is 9.98. The van der Waals surface area contributed by atoms with Crippen molar-refractivity contribution in [3.8, 4) is 0 Å². The molecule has 1 saturated carbocycles. The van der Waals surface area contributed by atoms with E-state index in [0.717, 1.165) is 24.1 Å². The van der Waals surface area contributed by atoms with Gasteiger partial charge in [-0.1, -0.05) is 12.8 Å². The van der Waals surface area contributed by atoms with Gasteiger partial charge in [-0.25, -0.2) is 0 Å². The van der Waals surface area contributed by atoms with Gasteiger partial charge in [0.25, 0.3) is 5.56 Å². The lowest BCUT2D eigenvalue weighted by molar-refractivity contribution is 0.686. The molecule has 0 bridgehead atoms. The first-order chi connectivity index (χ1) is 8.16. The fourth-order valence-corrected chi connectivity index (χ4v) is 2.84. The Balaban J connectivity index is 2.26. The van der Waals surface area contributed by atoms with Crippen molar-refractivity contribution in [3.63, 3.8) is 0 Å². The quantitative estimate of drug-likeness (QED) is 0.813. The topological polar surface area (TPSA) is 63.0 Å². The van der Waals surface area contributed by atoms with Gasteiger partial charge < -0.3 is 4.98 Å². The van der Waals surface area contributed by atoms with Crippen molar-refractivity contribution in [2.75, 3.05) is 0 Å². The highest BCUT2D eigenvalue weighted by Gasteiger charge is 2.23. The molecular formula is C12H16N4O. The average Bonchev–Trinajstić information content (AvgIpc) is 2.87. The maximum Gasteiger partial charge on any atom is 0.279 e. The van der Waals surface area contributed by atoms with Gasteiger partial charge in [-0.2, -0.15) is 9.50 Å². The molecule has 5 nitrogen and oxygen atoms in total. The van der Waals surface area contributed by atoms with E-state index in [9.17, 15) is 4.79 Å². The number of fused-ring (bicyclic) bond motifs is 1. The number of aromatic nitrogens is 4. The highest BCUT2D eigenvalue weighted by molar-refractivity contribution is 5.33. The molecule has 0 amide bonds. The number of H-pyrrole nitrogens is 1. The third kappa shape index (κ3) is 1.57. The Kier molecular flexibility index (Phi) is 2.28. The zero-order valence-electron chi connectivity index (χ0n) is 10.2. The summed E-state index contributed by atoms with van der Waals surface area (Å²) in [5.74, 6) is 1.57. The molecule has 0 aromatic carbocycles. The van der Waals surface area contributed by atoms with Crippen molar-refractivity contribution < 1.29 is 0 Å². The summed E-state index contributed by atoms with van der Waals surface area (Å²) < 4.78 is 1.40. The average molecular weight is 232 g/mol. The Labute approximate surface area is 98.9 Å². The smallest absolute Gasteiger partial charge is 0.279 e. The molecule has 5 heteroatoms. The van der Waals surface area contributed by atoms with Crippen molar-refractivity contribution in [1.82, 2.24) is 19.6 Å². The Morgan fingerprint density at radius 3 is 2.71 bits per heavy atom. The summed E-state index contributed by atoms with van der Waals surface area (Å²) in [7, 11) is 0. The molecule has 2 heterocycles. The Bertz CT molecular complexity index is 619. The van der Waals surface area contributed by atoms with E-state index in [0.29, 0.717) is 17.5 Å². The predicted molar refractivity (Wildman–Crippen MR) is 64.3 cm³/mol. The van der Waals surface area contributed by atoms with Gasteiger partial charge in [0.05, 0.1) is 0 Å². The summed E-state index contributed by atoms with van der Waals surface area (Å²) in [5, 5.41) is 4.15. The van der Waals surface area contributed by atoms with Crippen LogP contribution in [0.15, 0.2) is 4.79 Å². The van der Waals surface area contributed by atoms with E-state index in [1.807, 2.05) is 6.92 Å². The summed E-state index contributed by atoms with van der Waals surface area (Å²) in [6, 6.07) is 0. The maximum atomic E-state index is 12.4. The van der Waals surface area contributed by atoms with Crippen LogP contribution in [-0.4, -0.2) is 19.6 Å². The van der Waals surface area contributed by atoms with Crippen molar-refractivity contribution in [2.45, 2.75) is 45.4 Å². The minimum Gasteiger partial charge on any atom is -0.327 e. The number of hydrogen-bond donors (Lipinski definition) is 1. The van der Waals surface area contributed by atoms with Crippen LogP contribution in [-0.2, 0) is 0 Å². The Morgan fingerprint density at radius 2 is 2.00 bits per heavy atom. The van der Waals surface area contributed by atoms with Gasteiger partial charge >= 0.3 is 0 Å². The highest BCUT2D eigenvalue weighted by atomic mass is 16.1. The van der Waals surface area contributed by atoms with Gasteiger partial charge in [0, 0.05) is 11.3 Å². The van der Waals surface area contributed by atoms with Gasteiger partial charge in [-0.15, -0.1) is 5.10 Å². The monoisotopic (exact) mass is 232 g/mol. The van der Waals surface area contributed by atoms with Crippen molar-refractivity contribution >= 4 is 5.78 Å². The lowest BCUT2D eigenvalue weighted by Gasteiger charge is -2.11. The van der Waals surface area contributed by atoms with Crippen LogP contribution in [0.1, 0.15) is 48.7 Å². The van der Waals surface area contributed by atoms with Gasteiger partial charge in [0.2, 0.25) is 5.78 Å². The Hall–Kier alpha value is -1.65. The Morgan fingerprint density at radius 1 is 1.29 bits per heavy atom. The number of rotatable bonds is 1. The molecule has 17 heavy (non-hydrogen) atoms. The zero-order valence-corrected chi connectivity index (χ0v) is 10.2. The number of hydrogen-bond acceptors (Lipinski definition) is 3. The maximum absolute atomic E-state index is 12.4. The van der Waals surface area contributed by atoms with E-state index < -0.39 is 0 Å². The van der Waals surface area contributed by atoms with Gasteiger partial charge in [-0.3, -0.25) is 4.79 Å². The fraction of sp³-hybridized carbons (Fsp3) is 0.583. The molecule has 0 unspecified atom stereocenters. The summed E-state index contributed by atoms with van der Waals surface area (Å²) in [6.07, 6.45) is 4.67. The van der Waals surface area contributed by atoms with E-state index in [-0.39, 0.29) is 5.56 Å². The van der Waals surface area contributed by atoms with Gasteiger partial charge in [0.15, 0.2) is 0 Å². The van der Waals surface area contributed by atoms with Crippen molar-refractivity contribution in [3.05, 3.63) is 27.4 Å². The molecule has 0 spiro atoms. The van der Waals surface area contributed by atoms with Crippen LogP contribution < -0.4 is 5.56 Å². The summed E-state index contributed by atoms with van der Waals surface area (Å²) >= 11 is 0. The molecule has 1 N–H and O–H groups in total. The first kappa shape index (κ1) is 10.5. The first-order valence-electron chi connectivity index (χ1n) is 6.13. The molecule has 3 rings (SSSR count). The van der Waals surface area contributed by atoms with E-state index in [2.05, 4.69) is 15.1 Å². The standard InChI is InChI=1S/C12H16N4O/c1-7-10(9-5-3-4-6-9)11(17)16-12(13-7)14-8(2)15-16/h9H,3-6H2,1-2H3,(H,13,14,15). The third-order valence-corrected chi connectivity index (χ3v) is 3.60. The number of nitrogens with zero attached hydrogens (tertiary/aromatic N) is 3. The van der Waals surface area contributed by atoms with E-state index in [4.69, 9.17) is 0 Å². The summed E-state index contributed by atoms with van der Waals surface area (Å²) in [6.45, 7) is 3.75. The second-order valence-corrected chi connectivity index (χ2v) is 4.84. The molecule has 0 aliphatic heterocycles. The highest BCUT2D eigenvalue weighted by Crippen LogP contribution is 2.33. The molecule has 0 saturated heterocycles. The molecule has 0 atom stereocenters. The van der Waals surface area contributed by atoms with E-state index in [1.165, 1.54) is 17.4 Å². The minimum absolute atomic E-state index is 0.00347. The zero-order chi connectivity index (χ0) is 12.0. The van der Waals surface area contributed by atoms with Gasteiger partial charge in [0.1, 0.15) is 5.82 Å². The van der Waals surface area contributed by atoms with Crippen LogP contribution in [0.2, 0.25) is 0 Å². The van der Waals surface area contributed by atoms with Gasteiger partial charge in [-0.05, 0) is 32.6 Å². The second kappa shape index (κ2) is 3.68. The molecule has 1 aliphatic carbocycles. The molecule has 1 fully saturated rings. The molecule has 0 radical (unpaired) electrons. The van der Waals surface area contributed by atoms with Crippen LogP contribution >= 0.6 is 0 Å². The van der Waals surface area contributed by atoms with Crippen molar-refractivity contribution in [1.29, 1.82) is 0 Å². The van der Waals surface area contributed by atoms with E-state index >= 15 is 0 Å². The summed E-state index contributed by atoms with van der Waals surface area (Å²) in [5.41, 5.74) is 1.85. The number of aromatic amines is 1. The molecule has 2 aromatic heterocycles. The number of nitrogens with one attached hydrogen (secondary N) is 1.